The number of rotatable bonds is 4. The fraction of sp³-hybridized carbons (Fsp3) is 0.455. The summed E-state index contributed by atoms with van der Waals surface area (Å²) in [5.41, 5.74) is 4.74. The number of nitro groups is 1. The number of nitrogens with two attached hydrogens (primary N) is 1. The van der Waals surface area contributed by atoms with Gasteiger partial charge in [0.1, 0.15) is 16.4 Å². The number of esters is 1. The zero-order valence-electron chi connectivity index (χ0n) is 10.9. The van der Waals surface area contributed by atoms with Crippen molar-refractivity contribution in [3.63, 3.8) is 0 Å². The van der Waals surface area contributed by atoms with Crippen LogP contribution in [0.4, 0.5) is 11.5 Å². The molecule has 0 unspecified atom stereocenters. The van der Waals surface area contributed by atoms with Gasteiger partial charge >= 0.3 is 5.97 Å². The summed E-state index contributed by atoms with van der Waals surface area (Å²) in [5, 5.41) is 11.0. The van der Waals surface area contributed by atoms with Gasteiger partial charge in [-0.15, -0.1) is 0 Å². The van der Waals surface area contributed by atoms with E-state index in [0.717, 1.165) is 17.8 Å². The summed E-state index contributed by atoms with van der Waals surface area (Å²) >= 11 is 1.04. The summed E-state index contributed by atoms with van der Waals surface area (Å²) in [7, 11) is 0. The van der Waals surface area contributed by atoms with Gasteiger partial charge in [0.05, 0.1) is 16.7 Å². The third-order valence-corrected chi connectivity index (χ3v) is 2.66. The SMILES string of the molecule is CC(C)(C)OC(=O)CSc1cc([N+](=O)[O-])cc(N)n1. The Kier molecular flexibility index (Phi) is 4.71. The summed E-state index contributed by atoms with van der Waals surface area (Å²) in [4.78, 5) is 25.5. The average molecular weight is 285 g/mol. The second-order valence-electron chi connectivity index (χ2n) is 4.72. The summed E-state index contributed by atoms with van der Waals surface area (Å²) < 4.78 is 5.11. The van der Waals surface area contributed by atoms with Crippen molar-refractivity contribution in [3.8, 4) is 0 Å². The molecule has 104 valence electrons. The predicted molar refractivity (Wildman–Crippen MR) is 71.9 cm³/mol. The van der Waals surface area contributed by atoms with Crippen LogP contribution in [0.25, 0.3) is 0 Å². The highest BCUT2D eigenvalue weighted by Crippen LogP contribution is 2.23. The minimum absolute atomic E-state index is 0.0187. The van der Waals surface area contributed by atoms with Crippen LogP contribution < -0.4 is 5.73 Å². The Morgan fingerprint density at radius 2 is 2.16 bits per heavy atom. The fourth-order valence-corrected chi connectivity index (χ4v) is 1.89. The highest BCUT2D eigenvalue weighted by Gasteiger charge is 2.17. The van der Waals surface area contributed by atoms with E-state index in [1.165, 1.54) is 6.07 Å². The first kappa shape index (κ1) is 15.2. The lowest BCUT2D eigenvalue weighted by Gasteiger charge is -2.19. The van der Waals surface area contributed by atoms with E-state index in [4.69, 9.17) is 10.5 Å². The first-order valence-electron chi connectivity index (χ1n) is 5.44. The van der Waals surface area contributed by atoms with Gasteiger partial charge < -0.3 is 10.5 Å². The minimum Gasteiger partial charge on any atom is -0.459 e. The molecule has 0 aliphatic carbocycles. The molecule has 0 saturated heterocycles. The molecule has 0 amide bonds. The van der Waals surface area contributed by atoms with Crippen LogP contribution in [-0.4, -0.2) is 27.2 Å². The quantitative estimate of drug-likeness (QED) is 0.390. The van der Waals surface area contributed by atoms with E-state index < -0.39 is 16.5 Å². The molecule has 0 saturated carbocycles. The number of aromatic nitrogens is 1. The Morgan fingerprint density at radius 3 is 2.68 bits per heavy atom. The van der Waals surface area contributed by atoms with Crippen LogP contribution in [0.5, 0.6) is 0 Å². The van der Waals surface area contributed by atoms with Crippen LogP contribution in [-0.2, 0) is 9.53 Å². The molecule has 1 aromatic rings. The van der Waals surface area contributed by atoms with Crippen molar-refractivity contribution in [2.75, 3.05) is 11.5 Å². The smallest absolute Gasteiger partial charge is 0.316 e. The van der Waals surface area contributed by atoms with Crippen LogP contribution in [0, 0.1) is 10.1 Å². The molecule has 0 radical (unpaired) electrons. The van der Waals surface area contributed by atoms with Crippen LogP contribution in [0.2, 0.25) is 0 Å². The lowest BCUT2D eigenvalue weighted by molar-refractivity contribution is -0.385. The summed E-state index contributed by atoms with van der Waals surface area (Å²) in [6, 6.07) is 2.43. The van der Waals surface area contributed by atoms with E-state index in [0.29, 0.717) is 5.03 Å². The van der Waals surface area contributed by atoms with Gasteiger partial charge in [-0.1, -0.05) is 11.8 Å². The molecule has 2 N–H and O–H groups in total. The molecule has 0 atom stereocenters. The first-order chi connectivity index (χ1) is 8.67. The minimum atomic E-state index is -0.563. The van der Waals surface area contributed by atoms with Crippen molar-refractivity contribution in [1.82, 2.24) is 4.98 Å². The topological polar surface area (TPSA) is 108 Å². The van der Waals surface area contributed by atoms with E-state index in [1.54, 1.807) is 20.8 Å². The molecule has 0 aliphatic rings. The van der Waals surface area contributed by atoms with E-state index in [1.807, 2.05) is 0 Å². The molecule has 0 aromatic carbocycles. The Hall–Kier alpha value is -1.83. The van der Waals surface area contributed by atoms with Crippen molar-refractivity contribution < 1.29 is 14.5 Å². The number of pyridine rings is 1. The number of carbonyl (C=O) groups excluding carboxylic acids is 1. The van der Waals surface area contributed by atoms with Gasteiger partial charge in [0.25, 0.3) is 5.69 Å². The molecule has 1 rings (SSSR count). The van der Waals surface area contributed by atoms with Crippen molar-refractivity contribution in [3.05, 3.63) is 22.2 Å². The van der Waals surface area contributed by atoms with Gasteiger partial charge in [-0.3, -0.25) is 14.9 Å². The standard InChI is InChI=1S/C11H15N3O4S/c1-11(2,3)18-10(15)6-19-9-5-7(14(16)17)4-8(12)13-9/h4-5H,6H2,1-3H3,(H2,12,13). The number of carbonyl (C=O) groups is 1. The second kappa shape index (κ2) is 5.87. The Labute approximate surface area is 114 Å². The summed E-state index contributed by atoms with van der Waals surface area (Å²) in [5.74, 6) is -0.351. The number of thioether (sulfide) groups is 1. The lowest BCUT2D eigenvalue weighted by atomic mass is 10.2. The molecular formula is C11H15N3O4S. The van der Waals surface area contributed by atoms with Crippen molar-refractivity contribution in [2.45, 2.75) is 31.4 Å². The van der Waals surface area contributed by atoms with Gasteiger partial charge in [-0.05, 0) is 20.8 Å². The summed E-state index contributed by atoms with van der Waals surface area (Å²) in [6.45, 7) is 5.29. The Morgan fingerprint density at radius 1 is 1.53 bits per heavy atom. The fourth-order valence-electron chi connectivity index (χ4n) is 1.19. The van der Waals surface area contributed by atoms with Gasteiger partial charge in [0.2, 0.25) is 0 Å². The molecule has 1 heterocycles. The van der Waals surface area contributed by atoms with Crippen molar-refractivity contribution in [2.24, 2.45) is 0 Å². The zero-order valence-corrected chi connectivity index (χ0v) is 11.7. The van der Waals surface area contributed by atoms with Crippen LogP contribution in [0.1, 0.15) is 20.8 Å². The van der Waals surface area contributed by atoms with Crippen LogP contribution in [0.15, 0.2) is 17.2 Å². The summed E-state index contributed by atoms with van der Waals surface area (Å²) in [6.07, 6.45) is 0. The highest BCUT2D eigenvalue weighted by molar-refractivity contribution is 7.99. The largest absolute Gasteiger partial charge is 0.459 e. The number of ether oxygens (including phenoxy) is 1. The molecule has 19 heavy (non-hydrogen) atoms. The number of nitrogen functional groups attached to an aromatic ring is 1. The van der Waals surface area contributed by atoms with Gasteiger partial charge in [0.15, 0.2) is 0 Å². The molecule has 8 heteroatoms. The van der Waals surface area contributed by atoms with Gasteiger partial charge in [0, 0.05) is 6.07 Å². The van der Waals surface area contributed by atoms with Crippen molar-refractivity contribution >= 4 is 29.2 Å². The van der Waals surface area contributed by atoms with E-state index in [2.05, 4.69) is 4.98 Å². The maximum absolute atomic E-state index is 11.5. The average Bonchev–Trinajstić information content (AvgIpc) is 2.23. The molecule has 7 nitrogen and oxygen atoms in total. The number of hydrogen-bond donors (Lipinski definition) is 1. The third-order valence-electron chi connectivity index (χ3n) is 1.78. The van der Waals surface area contributed by atoms with E-state index in [9.17, 15) is 14.9 Å². The molecule has 0 bridgehead atoms. The maximum Gasteiger partial charge on any atom is 0.316 e. The monoisotopic (exact) mass is 285 g/mol. The predicted octanol–water partition coefficient (Wildman–Crippen LogP) is 2.01. The zero-order chi connectivity index (χ0) is 14.6. The second-order valence-corrected chi connectivity index (χ2v) is 5.72. The number of hydrogen-bond acceptors (Lipinski definition) is 7. The Bertz CT molecular complexity index is 499. The lowest BCUT2D eigenvalue weighted by Crippen LogP contribution is -2.24. The van der Waals surface area contributed by atoms with Crippen LogP contribution in [0.3, 0.4) is 0 Å². The molecule has 0 spiro atoms. The van der Waals surface area contributed by atoms with Crippen molar-refractivity contribution in [1.29, 1.82) is 0 Å². The molecule has 1 aromatic heterocycles. The maximum atomic E-state index is 11.5. The van der Waals surface area contributed by atoms with Gasteiger partial charge in [-0.25, -0.2) is 4.98 Å². The molecular weight excluding hydrogens is 270 g/mol. The molecule has 0 aliphatic heterocycles. The van der Waals surface area contributed by atoms with E-state index in [-0.39, 0.29) is 17.3 Å². The Balaban J connectivity index is 2.68. The number of nitrogens with zero attached hydrogens (tertiary/aromatic N) is 2. The number of anilines is 1. The molecule has 0 fully saturated rings. The normalized spacial score (nSPS) is 11.1. The van der Waals surface area contributed by atoms with Gasteiger partial charge in [-0.2, -0.15) is 0 Å². The third kappa shape index (κ3) is 5.56. The van der Waals surface area contributed by atoms with Crippen LogP contribution >= 0.6 is 11.8 Å². The highest BCUT2D eigenvalue weighted by atomic mass is 32.2. The first-order valence-corrected chi connectivity index (χ1v) is 6.42. The van der Waals surface area contributed by atoms with E-state index >= 15 is 0 Å².